The van der Waals surface area contributed by atoms with Crippen molar-refractivity contribution in [1.29, 1.82) is 0 Å². The molecule has 0 spiro atoms. The normalized spacial score (nSPS) is 34.1. The molecule has 2 heterocycles. The first-order valence-corrected chi connectivity index (χ1v) is 5.96. The lowest BCUT2D eigenvalue weighted by molar-refractivity contribution is 0.153. The summed E-state index contributed by atoms with van der Waals surface area (Å²) in [6.07, 6.45) is 5.12. The zero-order valence-electron chi connectivity index (χ0n) is 8.91. The molecule has 0 amide bonds. The average Bonchev–Trinajstić information content (AvgIpc) is 2.85. The van der Waals surface area contributed by atoms with E-state index in [1.807, 2.05) is 0 Å². The number of aliphatic hydroxyl groups is 1. The zero-order valence-corrected chi connectivity index (χ0v) is 8.91. The Kier molecular flexibility index (Phi) is 3.79. The predicted molar refractivity (Wildman–Crippen MR) is 57.3 cm³/mol. The molecule has 0 radical (unpaired) electrons. The minimum absolute atomic E-state index is 0.350. The van der Waals surface area contributed by atoms with E-state index in [2.05, 4.69) is 10.2 Å². The molecule has 2 unspecified atom stereocenters. The Hall–Kier alpha value is -0.120. The summed E-state index contributed by atoms with van der Waals surface area (Å²) in [7, 11) is 0. The van der Waals surface area contributed by atoms with Crippen molar-refractivity contribution >= 4 is 0 Å². The van der Waals surface area contributed by atoms with Gasteiger partial charge < -0.3 is 10.4 Å². The van der Waals surface area contributed by atoms with Crippen LogP contribution in [0.1, 0.15) is 25.7 Å². The van der Waals surface area contributed by atoms with Gasteiger partial charge in [-0.2, -0.15) is 0 Å². The maximum absolute atomic E-state index is 9.17. The fourth-order valence-corrected chi connectivity index (χ4v) is 2.71. The SMILES string of the molecule is OCC1CCCN1CCC1CCNC1. The Morgan fingerprint density at radius 2 is 2.29 bits per heavy atom. The molecular formula is C11H22N2O. The first kappa shape index (κ1) is 10.4. The molecule has 2 fully saturated rings. The van der Waals surface area contributed by atoms with E-state index >= 15 is 0 Å². The Labute approximate surface area is 86.5 Å². The molecule has 0 bridgehead atoms. The molecule has 2 saturated heterocycles. The summed E-state index contributed by atoms with van der Waals surface area (Å²) in [5.74, 6) is 0.884. The Morgan fingerprint density at radius 1 is 1.36 bits per heavy atom. The van der Waals surface area contributed by atoms with Crippen LogP contribution >= 0.6 is 0 Å². The van der Waals surface area contributed by atoms with Crippen LogP contribution in [0.4, 0.5) is 0 Å². The van der Waals surface area contributed by atoms with Gasteiger partial charge >= 0.3 is 0 Å². The van der Waals surface area contributed by atoms with Crippen LogP contribution in [0.2, 0.25) is 0 Å². The lowest BCUT2D eigenvalue weighted by atomic mass is 10.0. The lowest BCUT2D eigenvalue weighted by Crippen LogP contribution is -2.34. The minimum atomic E-state index is 0.350. The van der Waals surface area contributed by atoms with Gasteiger partial charge in [-0.1, -0.05) is 0 Å². The topological polar surface area (TPSA) is 35.5 Å². The first-order valence-electron chi connectivity index (χ1n) is 5.96. The smallest absolute Gasteiger partial charge is 0.0586 e. The predicted octanol–water partition coefficient (Wildman–Crippen LogP) is 0.443. The van der Waals surface area contributed by atoms with Gasteiger partial charge in [0.1, 0.15) is 0 Å². The molecule has 2 rings (SSSR count). The fraction of sp³-hybridized carbons (Fsp3) is 1.00. The second-order valence-corrected chi connectivity index (χ2v) is 4.66. The van der Waals surface area contributed by atoms with Gasteiger partial charge in [0.05, 0.1) is 6.61 Å². The summed E-state index contributed by atoms with van der Waals surface area (Å²) in [6, 6.07) is 0.462. The molecule has 2 aliphatic rings. The molecule has 0 aromatic carbocycles. The largest absolute Gasteiger partial charge is 0.395 e. The van der Waals surface area contributed by atoms with Gasteiger partial charge in [0.25, 0.3) is 0 Å². The highest BCUT2D eigenvalue weighted by atomic mass is 16.3. The highest BCUT2D eigenvalue weighted by molar-refractivity contribution is 4.80. The van der Waals surface area contributed by atoms with E-state index in [1.165, 1.54) is 51.9 Å². The van der Waals surface area contributed by atoms with Crippen molar-refractivity contribution in [3.63, 3.8) is 0 Å². The van der Waals surface area contributed by atoms with Gasteiger partial charge in [-0.25, -0.2) is 0 Å². The fourth-order valence-electron chi connectivity index (χ4n) is 2.71. The minimum Gasteiger partial charge on any atom is -0.395 e. The first-order chi connectivity index (χ1) is 6.90. The van der Waals surface area contributed by atoms with Crippen LogP contribution in [0.15, 0.2) is 0 Å². The van der Waals surface area contributed by atoms with E-state index < -0.39 is 0 Å². The second-order valence-electron chi connectivity index (χ2n) is 4.66. The second kappa shape index (κ2) is 5.10. The Bertz CT molecular complexity index is 169. The van der Waals surface area contributed by atoms with Crippen LogP contribution in [0.3, 0.4) is 0 Å². The molecule has 3 heteroatoms. The van der Waals surface area contributed by atoms with Crippen LogP contribution in [0.5, 0.6) is 0 Å². The van der Waals surface area contributed by atoms with E-state index in [1.54, 1.807) is 0 Å². The molecule has 0 aromatic rings. The van der Waals surface area contributed by atoms with E-state index in [0.29, 0.717) is 12.6 Å². The summed E-state index contributed by atoms with van der Waals surface area (Å²) in [5.41, 5.74) is 0. The number of nitrogens with zero attached hydrogens (tertiary/aromatic N) is 1. The highest BCUT2D eigenvalue weighted by Crippen LogP contribution is 2.19. The van der Waals surface area contributed by atoms with Gasteiger partial charge in [-0.3, -0.25) is 4.90 Å². The Morgan fingerprint density at radius 3 is 3.00 bits per heavy atom. The third kappa shape index (κ3) is 2.47. The summed E-state index contributed by atoms with van der Waals surface area (Å²) >= 11 is 0. The van der Waals surface area contributed by atoms with Crippen LogP contribution in [0, 0.1) is 5.92 Å². The standard InChI is InChI=1S/C11H22N2O/c14-9-11-2-1-6-13(11)7-4-10-3-5-12-8-10/h10-12,14H,1-9H2. The molecule has 0 saturated carbocycles. The third-order valence-corrected chi connectivity index (χ3v) is 3.70. The maximum atomic E-state index is 9.17. The monoisotopic (exact) mass is 198 g/mol. The summed E-state index contributed by atoms with van der Waals surface area (Å²) in [5, 5.41) is 12.6. The number of likely N-dealkylation sites (tertiary alicyclic amines) is 1. The number of rotatable bonds is 4. The summed E-state index contributed by atoms with van der Waals surface area (Å²) in [6.45, 7) is 5.15. The zero-order chi connectivity index (χ0) is 9.80. The molecule has 2 atom stereocenters. The van der Waals surface area contributed by atoms with Crippen molar-refractivity contribution in [2.45, 2.75) is 31.7 Å². The average molecular weight is 198 g/mol. The molecule has 3 nitrogen and oxygen atoms in total. The van der Waals surface area contributed by atoms with E-state index in [4.69, 9.17) is 0 Å². The number of hydrogen-bond acceptors (Lipinski definition) is 3. The highest BCUT2D eigenvalue weighted by Gasteiger charge is 2.24. The molecule has 2 N–H and O–H groups in total. The maximum Gasteiger partial charge on any atom is 0.0586 e. The third-order valence-electron chi connectivity index (χ3n) is 3.70. The number of nitrogens with one attached hydrogen (secondary N) is 1. The van der Waals surface area contributed by atoms with E-state index in [0.717, 1.165) is 5.92 Å². The van der Waals surface area contributed by atoms with Crippen molar-refractivity contribution in [2.24, 2.45) is 5.92 Å². The molecule has 0 aliphatic carbocycles. The number of aliphatic hydroxyl groups excluding tert-OH is 1. The van der Waals surface area contributed by atoms with Crippen molar-refractivity contribution < 1.29 is 5.11 Å². The summed E-state index contributed by atoms with van der Waals surface area (Å²) < 4.78 is 0. The van der Waals surface area contributed by atoms with Crippen LogP contribution in [-0.2, 0) is 0 Å². The van der Waals surface area contributed by atoms with Gasteiger partial charge in [-0.05, 0) is 57.8 Å². The van der Waals surface area contributed by atoms with Crippen molar-refractivity contribution in [1.82, 2.24) is 10.2 Å². The van der Waals surface area contributed by atoms with Crippen LogP contribution in [0.25, 0.3) is 0 Å². The molecule has 0 aromatic heterocycles. The van der Waals surface area contributed by atoms with Crippen LogP contribution < -0.4 is 5.32 Å². The molecule has 14 heavy (non-hydrogen) atoms. The van der Waals surface area contributed by atoms with Crippen molar-refractivity contribution in [2.75, 3.05) is 32.8 Å². The molecule has 82 valence electrons. The van der Waals surface area contributed by atoms with Gasteiger partial charge in [0.15, 0.2) is 0 Å². The van der Waals surface area contributed by atoms with Crippen LogP contribution in [-0.4, -0.2) is 48.8 Å². The quantitative estimate of drug-likeness (QED) is 0.688. The molecule has 2 aliphatic heterocycles. The summed E-state index contributed by atoms with van der Waals surface area (Å²) in [4.78, 5) is 2.47. The van der Waals surface area contributed by atoms with Gasteiger partial charge in [-0.15, -0.1) is 0 Å². The van der Waals surface area contributed by atoms with E-state index in [9.17, 15) is 5.11 Å². The van der Waals surface area contributed by atoms with Crippen molar-refractivity contribution in [3.8, 4) is 0 Å². The molecular weight excluding hydrogens is 176 g/mol. The van der Waals surface area contributed by atoms with Gasteiger partial charge in [0, 0.05) is 6.04 Å². The Balaban J connectivity index is 1.68. The van der Waals surface area contributed by atoms with Crippen molar-refractivity contribution in [3.05, 3.63) is 0 Å². The van der Waals surface area contributed by atoms with Gasteiger partial charge in [0.2, 0.25) is 0 Å². The van der Waals surface area contributed by atoms with E-state index in [-0.39, 0.29) is 0 Å². The number of hydrogen-bond donors (Lipinski definition) is 2. The lowest BCUT2D eigenvalue weighted by Gasteiger charge is -2.23.